The van der Waals surface area contributed by atoms with E-state index in [0.717, 1.165) is 11.4 Å². The average molecular weight is 206 g/mol. The molecule has 1 nitrogen and oxygen atoms in total. The summed E-state index contributed by atoms with van der Waals surface area (Å²) in [6, 6.07) is 12.3. The second-order valence-electron chi connectivity index (χ2n) is 3.36. The number of benzene rings is 2. The van der Waals surface area contributed by atoms with Gasteiger partial charge in [-0.2, -0.15) is 0 Å². The molecule has 0 saturated carbocycles. The minimum atomic E-state index is 0.687. The highest BCUT2D eigenvalue weighted by Gasteiger charge is 1.96. The van der Waals surface area contributed by atoms with E-state index in [1.54, 1.807) is 0 Å². The monoisotopic (exact) mass is 205 g/mol. The third-order valence-electron chi connectivity index (χ3n) is 2.30. The molecule has 0 aliphatic rings. The lowest BCUT2D eigenvalue weighted by molar-refractivity contribution is 0.971. The van der Waals surface area contributed by atoms with Gasteiger partial charge in [-0.3, -0.25) is 0 Å². The third-order valence-corrected chi connectivity index (χ3v) is 2.53. The molecule has 0 atom stereocenters. The Kier molecular flexibility index (Phi) is 2.71. The summed E-state index contributed by atoms with van der Waals surface area (Å²) in [5, 5.41) is 3.18. The van der Waals surface area contributed by atoms with Crippen LogP contribution >= 0.6 is 11.6 Å². The van der Waals surface area contributed by atoms with Crippen molar-refractivity contribution in [2.45, 2.75) is 6.42 Å². The molecule has 2 aromatic carbocycles. The van der Waals surface area contributed by atoms with Crippen LogP contribution in [0.4, 0.5) is 0 Å². The van der Waals surface area contributed by atoms with Gasteiger partial charge in [-0.25, -0.2) is 0 Å². The molecule has 0 radical (unpaired) electrons. The molecule has 0 saturated heterocycles. The second-order valence-corrected chi connectivity index (χ2v) is 3.80. The average Bonchev–Trinajstić information content (AvgIpc) is 2.17. The van der Waals surface area contributed by atoms with Gasteiger partial charge in [0.25, 0.3) is 0 Å². The number of hydrogen-bond acceptors (Lipinski definition) is 1. The number of nitrogens with two attached hydrogens (primary N) is 1. The van der Waals surface area contributed by atoms with Gasteiger partial charge in [0.05, 0.1) is 0 Å². The summed E-state index contributed by atoms with van der Waals surface area (Å²) in [5.74, 6) is 0. The predicted octanol–water partition coefficient (Wildman–Crippen LogP) is 2.99. The quantitative estimate of drug-likeness (QED) is 0.802. The van der Waals surface area contributed by atoms with Crippen molar-refractivity contribution in [3.8, 4) is 0 Å². The Labute approximate surface area is 88.5 Å². The van der Waals surface area contributed by atoms with Crippen LogP contribution in [0.25, 0.3) is 10.8 Å². The molecule has 0 aliphatic carbocycles. The number of halogens is 1. The van der Waals surface area contributed by atoms with Crippen LogP contribution in [0.3, 0.4) is 0 Å². The second kappa shape index (κ2) is 3.99. The highest BCUT2D eigenvalue weighted by Crippen LogP contribution is 2.20. The molecule has 14 heavy (non-hydrogen) atoms. The summed E-state index contributed by atoms with van der Waals surface area (Å²) >= 11 is 5.92. The van der Waals surface area contributed by atoms with Crippen molar-refractivity contribution in [2.24, 2.45) is 5.73 Å². The number of fused-ring (bicyclic) bond motifs is 1. The van der Waals surface area contributed by atoms with Gasteiger partial charge in [0, 0.05) is 5.02 Å². The molecule has 0 fully saturated rings. The van der Waals surface area contributed by atoms with Gasteiger partial charge in [0.15, 0.2) is 0 Å². The van der Waals surface area contributed by atoms with Crippen LogP contribution in [0.2, 0.25) is 5.02 Å². The van der Waals surface area contributed by atoms with E-state index >= 15 is 0 Å². The van der Waals surface area contributed by atoms with Crippen LogP contribution in [0.15, 0.2) is 36.4 Å². The predicted molar refractivity (Wildman–Crippen MR) is 61.7 cm³/mol. The zero-order chi connectivity index (χ0) is 9.97. The maximum absolute atomic E-state index is 5.92. The summed E-state index contributed by atoms with van der Waals surface area (Å²) in [6.07, 6.45) is 0.919. The lowest BCUT2D eigenvalue weighted by Gasteiger charge is -2.02. The van der Waals surface area contributed by atoms with Crippen molar-refractivity contribution in [3.05, 3.63) is 47.0 Å². The Hall–Kier alpha value is -1.05. The van der Waals surface area contributed by atoms with E-state index in [1.807, 2.05) is 18.2 Å². The molecule has 0 aliphatic heterocycles. The minimum absolute atomic E-state index is 0.687. The maximum Gasteiger partial charge on any atom is 0.0412 e. The summed E-state index contributed by atoms with van der Waals surface area (Å²) in [4.78, 5) is 0. The van der Waals surface area contributed by atoms with Crippen molar-refractivity contribution in [3.63, 3.8) is 0 Å². The zero-order valence-electron chi connectivity index (χ0n) is 7.83. The Morgan fingerprint density at radius 1 is 1.00 bits per heavy atom. The van der Waals surface area contributed by atoms with Gasteiger partial charge in [0.1, 0.15) is 0 Å². The molecule has 0 aromatic heterocycles. The van der Waals surface area contributed by atoms with Crippen LogP contribution in [0.1, 0.15) is 5.56 Å². The molecule has 2 N–H and O–H groups in total. The molecule has 2 heteroatoms. The summed E-state index contributed by atoms with van der Waals surface area (Å²) in [5.41, 5.74) is 6.77. The normalized spacial score (nSPS) is 10.7. The van der Waals surface area contributed by atoms with E-state index in [1.165, 1.54) is 16.3 Å². The van der Waals surface area contributed by atoms with Crippen LogP contribution in [0, 0.1) is 0 Å². The van der Waals surface area contributed by atoms with Gasteiger partial charge in [-0.1, -0.05) is 35.9 Å². The number of hydrogen-bond donors (Lipinski definition) is 1. The summed E-state index contributed by atoms with van der Waals surface area (Å²) in [6.45, 7) is 0.687. The first kappa shape index (κ1) is 9.50. The molecule has 2 aromatic rings. The maximum atomic E-state index is 5.92. The first-order valence-corrected chi connectivity index (χ1v) is 5.05. The van der Waals surface area contributed by atoms with Crippen LogP contribution in [-0.4, -0.2) is 6.54 Å². The standard InChI is InChI=1S/C12H12ClN/c13-12-4-3-10-2-1-9(5-6-14)7-11(10)8-12/h1-4,7-8H,5-6,14H2. The van der Waals surface area contributed by atoms with E-state index in [-0.39, 0.29) is 0 Å². The number of rotatable bonds is 2. The zero-order valence-corrected chi connectivity index (χ0v) is 8.59. The fourth-order valence-electron chi connectivity index (χ4n) is 1.59. The molecule has 2 rings (SSSR count). The van der Waals surface area contributed by atoms with Crippen molar-refractivity contribution in [2.75, 3.05) is 6.54 Å². The Balaban J connectivity index is 2.52. The molecular formula is C12H12ClN. The van der Waals surface area contributed by atoms with Crippen LogP contribution < -0.4 is 5.73 Å². The van der Waals surface area contributed by atoms with Crippen molar-refractivity contribution >= 4 is 22.4 Å². The van der Waals surface area contributed by atoms with Gasteiger partial charge in [-0.15, -0.1) is 0 Å². The Bertz CT molecular complexity index is 451. The lowest BCUT2D eigenvalue weighted by atomic mass is 10.1. The van der Waals surface area contributed by atoms with Crippen molar-refractivity contribution in [1.29, 1.82) is 0 Å². The fraction of sp³-hybridized carbons (Fsp3) is 0.167. The minimum Gasteiger partial charge on any atom is -0.330 e. The first-order valence-electron chi connectivity index (χ1n) is 4.68. The molecule has 0 amide bonds. The lowest BCUT2D eigenvalue weighted by Crippen LogP contribution is -2.02. The van der Waals surface area contributed by atoms with Gasteiger partial charge in [0.2, 0.25) is 0 Å². The molecule has 0 spiro atoms. The molecule has 0 unspecified atom stereocenters. The van der Waals surface area contributed by atoms with Gasteiger partial charge in [-0.05, 0) is 41.4 Å². The largest absolute Gasteiger partial charge is 0.330 e. The summed E-state index contributed by atoms with van der Waals surface area (Å²) in [7, 11) is 0. The van der Waals surface area contributed by atoms with Gasteiger partial charge >= 0.3 is 0 Å². The highest BCUT2D eigenvalue weighted by molar-refractivity contribution is 6.31. The van der Waals surface area contributed by atoms with Crippen LogP contribution in [0.5, 0.6) is 0 Å². The SMILES string of the molecule is NCCc1ccc2ccc(Cl)cc2c1. The topological polar surface area (TPSA) is 26.0 Å². The molecule has 0 bridgehead atoms. The smallest absolute Gasteiger partial charge is 0.0412 e. The van der Waals surface area contributed by atoms with E-state index < -0.39 is 0 Å². The van der Waals surface area contributed by atoms with Crippen LogP contribution in [-0.2, 0) is 6.42 Å². The van der Waals surface area contributed by atoms with E-state index in [0.29, 0.717) is 6.54 Å². The highest BCUT2D eigenvalue weighted by atomic mass is 35.5. The Morgan fingerprint density at radius 2 is 1.79 bits per heavy atom. The molecular weight excluding hydrogens is 194 g/mol. The van der Waals surface area contributed by atoms with E-state index in [2.05, 4.69) is 18.2 Å². The van der Waals surface area contributed by atoms with Crippen molar-refractivity contribution in [1.82, 2.24) is 0 Å². The third kappa shape index (κ3) is 1.89. The molecule has 72 valence electrons. The van der Waals surface area contributed by atoms with E-state index in [9.17, 15) is 0 Å². The van der Waals surface area contributed by atoms with Crippen molar-refractivity contribution < 1.29 is 0 Å². The van der Waals surface area contributed by atoms with Gasteiger partial charge < -0.3 is 5.73 Å². The fourth-order valence-corrected chi connectivity index (χ4v) is 1.77. The molecule has 0 heterocycles. The van der Waals surface area contributed by atoms with E-state index in [4.69, 9.17) is 17.3 Å². The summed E-state index contributed by atoms with van der Waals surface area (Å²) < 4.78 is 0. The first-order chi connectivity index (χ1) is 6.79. The Morgan fingerprint density at radius 3 is 2.57 bits per heavy atom.